The summed E-state index contributed by atoms with van der Waals surface area (Å²) in [5.74, 6) is 0.515. The van der Waals surface area contributed by atoms with Crippen molar-refractivity contribution in [3.63, 3.8) is 0 Å². The molecule has 0 atom stereocenters. The molecule has 0 spiro atoms. The molecule has 2 aromatic rings. The van der Waals surface area contributed by atoms with Crippen molar-refractivity contribution in [1.29, 1.82) is 0 Å². The topological polar surface area (TPSA) is 56.7 Å². The number of aromatic nitrogens is 3. The van der Waals surface area contributed by atoms with Crippen LogP contribution in [0.25, 0.3) is 5.69 Å². The highest BCUT2D eigenvalue weighted by atomic mass is 15.0. The SMILES string of the molecule is Nc1cc(-n2ccnc2)ccn1. The molecule has 0 aromatic carbocycles. The fourth-order valence-corrected chi connectivity index (χ4v) is 1.01. The monoisotopic (exact) mass is 160 g/mol. The van der Waals surface area contributed by atoms with Gasteiger partial charge in [-0.1, -0.05) is 0 Å². The minimum atomic E-state index is 0.515. The number of pyridine rings is 1. The largest absolute Gasteiger partial charge is 0.384 e. The molecule has 0 aliphatic carbocycles. The molecule has 0 saturated heterocycles. The zero-order chi connectivity index (χ0) is 8.39. The van der Waals surface area contributed by atoms with E-state index in [-0.39, 0.29) is 0 Å². The first-order valence-corrected chi connectivity index (χ1v) is 3.56. The maximum absolute atomic E-state index is 5.52. The molecular formula is C8H8N4. The highest BCUT2D eigenvalue weighted by Crippen LogP contribution is 2.07. The number of nitrogens with zero attached hydrogens (tertiary/aromatic N) is 3. The average molecular weight is 160 g/mol. The smallest absolute Gasteiger partial charge is 0.125 e. The summed E-state index contributed by atoms with van der Waals surface area (Å²) >= 11 is 0. The average Bonchev–Trinajstić information content (AvgIpc) is 2.56. The molecule has 0 radical (unpaired) electrons. The number of nitrogens with two attached hydrogens (primary N) is 1. The Balaban J connectivity index is 2.48. The van der Waals surface area contributed by atoms with Gasteiger partial charge in [-0.15, -0.1) is 0 Å². The van der Waals surface area contributed by atoms with Crippen molar-refractivity contribution in [2.45, 2.75) is 0 Å². The minimum Gasteiger partial charge on any atom is -0.384 e. The summed E-state index contributed by atoms with van der Waals surface area (Å²) in [4.78, 5) is 7.82. The third-order valence-corrected chi connectivity index (χ3v) is 1.57. The zero-order valence-corrected chi connectivity index (χ0v) is 6.38. The lowest BCUT2D eigenvalue weighted by molar-refractivity contribution is 1.05. The Kier molecular flexibility index (Phi) is 1.51. The Hall–Kier alpha value is -1.84. The number of anilines is 1. The second-order valence-corrected chi connectivity index (χ2v) is 2.41. The lowest BCUT2D eigenvalue weighted by atomic mass is 10.4. The van der Waals surface area contributed by atoms with Crippen LogP contribution < -0.4 is 5.73 Å². The van der Waals surface area contributed by atoms with Crippen LogP contribution in [0.3, 0.4) is 0 Å². The minimum absolute atomic E-state index is 0.515. The van der Waals surface area contributed by atoms with Gasteiger partial charge in [-0.2, -0.15) is 0 Å². The van der Waals surface area contributed by atoms with E-state index >= 15 is 0 Å². The van der Waals surface area contributed by atoms with E-state index in [1.54, 1.807) is 24.8 Å². The van der Waals surface area contributed by atoms with Crippen molar-refractivity contribution in [1.82, 2.24) is 14.5 Å². The Bertz CT molecular complexity index is 366. The van der Waals surface area contributed by atoms with Gasteiger partial charge in [0.2, 0.25) is 0 Å². The van der Waals surface area contributed by atoms with Gasteiger partial charge in [0.05, 0.1) is 12.0 Å². The standard InChI is InChI=1S/C8H8N4/c9-8-5-7(1-2-11-8)12-4-3-10-6-12/h1-6H,(H2,9,11). The lowest BCUT2D eigenvalue weighted by Gasteiger charge is -2.00. The quantitative estimate of drug-likeness (QED) is 0.672. The second kappa shape index (κ2) is 2.65. The van der Waals surface area contributed by atoms with Gasteiger partial charge in [-0.05, 0) is 6.07 Å². The molecule has 0 fully saturated rings. The van der Waals surface area contributed by atoms with Crippen LogP contribution in [0.1, 0.15) is 0 Å². The van der Waals surface area contributed by atoms with E-state index in [0.29, 0.717) is 5.82 Å². The molecule has 0 aliphatic rings. The van der Waals surface area contributed by atoms with Gasteiger partial charge in [-0.25, -0.2) is 9.97 Å². The molecule has 4 nitrogen and oxygen atoms in total. The van der Waals surface area contributed by atoms with Crippen LogP contribution in [0.5, 0.6) is 0 Å². The lowest BCUT2D eigenvalue weighted by Crippen LogP contribution is -1.94. The van der Waals surface area contributed by atoms with Gasteiger partial charge >= 0.3 is 0 Å². The number of rotatable bonds is 1. The van der Waals surface area contributed by atoms with Crippen LogP contribution in [-0.2, 0) is 0 Å². The predicted molar refractivity (Wildman–Crippen MR) is 45.8 cm³/mol. The summed E-state index contributed by atoms with van der Waals surface area (Å²) in [6.07, 6.45) is 6.96. The van der Waals surface area contributed by atoms with E-state index in [1.165, 1.54) is 0 Å². The Morgan fingerprint density at radius 3 is 2.92 bits per heavy atom. The van der Waals surface area contributed by atoms with Gasteiger partial charge in [0.25, 0.3) is 0 Å². The first-order chi connectivity index (χ1) is 5.86. The van der Waals surface area contributed by atoms with Gasteiger partial charge < -0.3 is 10.3 Å². The Labute approximate surface area is 69.7 Å². The van der Waals surface area contributed by atoms with Crippen LogP contribution in [0.4, 0.5) is 5.82 Å². The molecule has 2 N–H and O–H groups in total. The summed E-state index contributed by atoms with van der Waals surface area (Å²) < 4.78 is 1.87. The van der Waals surface area contributed by atoms with Crippen molar-refractivity contribution in [2.24, 2.45) is 0 Å². The summed E-state index contributed by atoms with van der Waals surface area (Å²) in [5.41, 5.74) is 6.49. The molecular weight excluding hydrogens is 152 g/mol. The normalized spacial score (nSPS) is 10.0. The number of hydrogen-bond donors (Lipinski definition) is 1. The summed E-state index contributed by atoms with van der Waals surface area (Å²) in [5, 5.41) is 0. The first-order valence-electron chi connectivity index (χ1n) is 3.56. The maximum Gasteiger partial charge on any atom is 0.125 e. The highest BCUT2D eigenvalue weighted by Gasteiger charge is 1.94. The number of hydrogen-bond acceptors (Lipinski definition) is 3. The molecule has 12 heavy (non-hydrogen) atoms. The molecule has 0 unspecified atom stereocenters. The molecule has 0 aliphatic heterocycles. The predicted octanol–water partition coefficient (Wildman–Crippen LogP) is 0.849. The molecule has 4 heteroatoms. The third-order valence-electron chi connectivity index (χ3n) is 1.57. The van der Waals surface area contributed by atoms with Gasteiger partial charge in [0.1, 0.15) is 5.82 Å². The van der Waals surface area contributed by atoms with Crippen LogP contribution in [0.15, 0.2) is 37.1 Å². The van der Waals surface area contributed by atoms with Crippen LogP contribution in [-0.4, -0.2) is 14.5 Å². The molecule has 2 aromatic heterocycles. The molecule has 2 rings (SSSR count). The second-order valence-electron chi connectivity index (χ2n) is 2.41. The van der Waals surface area contributed by atoms with E-state index in [1.807, 2.05) is 16.8 Å². The summed E-state index contributed by atoms with van der Waals surface area (Å²) in [6, 6.07) is 3.67. The summed E-state index contributed by atoms with van der Waals surface area (Å²) in [6.45, 7) is 0. The van der Waals surface area contributed by atoms with E-state index in [9.17, 15) is 0 Å². The maximum atomic E-state index is 5.52. The Morgan fingerprint density at radius 1 is 1.33 bits per heavy atom. The van der Waals surface area contributed by atoms with Crippen molar-refractivity contribution < 1.29 is 0 Å². The van der Waals surface area contributed by atoms with E-state index in [0.717, 1.165) is 5.69 Å². The number of nitrogen functional groups attached to an aromatic ring is 1. The fraction of sp³-hybridized carbons (Fsp3) is 0. The van der Waals surface area contributed by atoms with Crippen molar-refractivity contribution in [3.8, 4) is 5.69 Å². The number of imidazole rings is 1. The molecule has 0 saturated carbocycles. The van der Waals surface area contributed by atoms with E-state index < -0.39 is 0 Å². The first kappa shape index (κ1) is 6.84. The summed E-state index contributed by atoms with van der Waals surface area (Å²) in [7, 11) is 0. The molecule has 2 heterocycles. The van der Waals surface area contributed by atoms with Gasteiger partial charge in [-0.3, -0.25) is 0 Å². The van der Waals surface area contributed by atoms with Crippen molar-refractivity contribution in [2.75, 3.05) is 5.73 Å². The van der Waals surface area contributed by atoms with Crippen LogP contribution in [0.2, 0.25) is 0 Å². The molecule has 0 bridgehead atoms. The van der Waals surface area contributed by atoms with Crippen LogP contribution in [0, 0.1) is 0 Å². The highest BCUT2D eigenvalue weighted by molar-refractivity contribution is 5.41. The van der Waals surface area contributed by atoms with Crippen molar-refractivity contribution >= 4 is 5.82 Å². The van der Waals surface area contributed by atoms with E-state index in [2.05, 4.69) is 9.97 Å². The van der Waals surface area contributed by atoms with Crippen molar-refractivity contribution in [3.05, 3.63) is 37.1 Å². The van der Waals surface area contributed by atoms with Gasteiger partial charge in [0.15, 0.2) is 0 Å². The zero-order valence-electron chi connectivity index (χ0n) is 6.38. The fourth-order valence-electron chi connectivity index (χ4n) is 1.01. The van der Waals surface area contributed by atoms with Gasteiger partial charge in [0, 0.05) is 24.7 Å². The van der Waals surface area contributed by atoms with Crippen LogP contribution >= 0.6 is 0 Å². The third kappa shape index (κ3) is 1.14. The molecule has 0 amide bonds. The van der Waals surface area contributed by atoms with E-state index in [4.69, 9.17) is 5.73 Å². The Morgan fingerprint density at radius 2 is 2.25 bits per heavy atom. The molecule has 60 valence electrons.